The van der Waals surface area contributed by atoms with Gasteiger partial charge in [-0.05, 0) is 37.4 Å². The van der Waals surface area contributed by atoms with Crippen molar-refractivity contribution >= 4 is 16.9 Å². The van der Waals surface area contributed by atoms with Crippen molar-refractivity contribution in [2.24, 2.45) is 11.1 Å². The predicted molar refractivity (Wildman–Crippen MR) is 82.8 cm³/mol. The summed E-state index contributed by atoms with van der Waals surface area (Å²) in [4.78, 5) is 19.0. The van der Waals surface area contributed by atoms with E-state index in [1.165, 1.54) is 0 Å². The summed E-state index contributed by atoms with van der Waals surface area (Å²) in [7, 11) is 0. The van der Waals surface area contributed by atoms with E-state index in [0.29, 0.717) is 13.1 Å². The van der Waals surface area contributed by atoms with Crippen molar-refractivity contribution < 1.29 is 4.79 Å². The van der Waals surface area contributed by atoms with Gasteiger partial charge in [0.25, 0.3) is 0 Å². The van der Waals surface area contributed by atoms with Gasteiger partial charge in [0.2, 0.25) is 5.91 Å². The standard InChI is InChI=1S/C16H22N4O/c1-12-18-13-5-3-4-6-14(13)20(12)9-15(21)19-8-7-16(2,10-17)11-19/h3-6H,7-11,17H2,1-2H3. The predicted octanol–water partition coefficient (Wildman–Crippen LogP) is 1.54. The number of hydrogen-bond acceptors (Lipinski definition) is 3. The monoisotopic (exact) mass is 286 g/mol. The number of carbonyl (C=O) groups is 1. The van der Waals surface area contributed by atoms with Gasteiger partial charge in [-0.2, -0.15) is 0 Å². The smallest absolute Gasteiger partial charge is 0.242 e. The van der Waals surface area contributed by atoms with Crippen LogP contribution in [-0.4, -0.2) is 40.0 Å². The van der Waals surface area contributed by atoms with Crippen LogP contribution >= 0.6 is 0 Å². The fourth-order valence-electron chi connectivity index (χ4n) is 3.03. The number of imidazole rings is 1. The molecule has 1 atom stereocenters. The first-order chi connectivity index (χ1) is 10.0. The minimum Gasteiger partial charge on any atom is -0.341 e. The molecule has 0 aliphatic carbocycles. The molecule has 5 nitrogen and oxygen atoms in total. The van der Waals surface area contributed by atoms with Crippen LogP contribution in [0, 0.1) is 12.3 Å². The molecule has 5 heteroatoms. The van der Waals surface area contributed by atoms with Crippen LogP contribution in [0.3, 0.4) is 0 Å². The lowest BCUT2D eigenvalue weighted by atomic mass is 9.90. The molecule has 2 heterocycles. The molecule has 0 saturated carbocycles. The van der Waals surface area contributed by atoms with E-state index in [4.69, 9.17) is 5.73 Å². The Morgan fingerprint density at radius 1 is 1.43 bits per heavy atom. The summed E-state index contributed by atoms with van der Waals surface area (Å²) >= 11 is 0. The molecule has 0 bridgehead atoms. The molecule has 2 aromatic rings. The van der Waals surface area contributed by atoms with E-state index in [0.717, 1.165) is 36.4 Å². The number of rotatable bonds is 3. The molecule has 1 fully saturated rings. The highest BCUT2D eigenvalue weighted by molar-refractivity contribution is 5.81. The summed E-state index contributed by atoms with van der Waals surface area (Å²) < 4.78 is 2.00. The lowest BCUT2D eigenvalue weighted by Gasteiger charge is -2.23. The number of aryl methyl sites for hydroxylation is 1. The Kier molecular flexibility index (Phi) is 3.45. The number of amides is 1. The van der Waals surface area contributed by atoms with Crippen LogP contribution in [0.5, 0.6) is 0 Å². The molecular formula is C16H22N4O. The van der Waals surface area contributed by atoms with Gasteiger partial charge in [-0.25, -0.2) is 4.98 Å². The van der Waals surface area contributed by atoms with Crippen molar-refractivity contribution in [2.45, 2.75) is 26.8 Å². The third kappa shape index (κ3) is 2.53. The number of hydrogen-bond donors (Lipinski definition) is 1. The first-order valence-corrected chi connectivity index (χ1v) is 7.42. The van der Waals surface area contributed by atoms with Crippen molar-refractivity contribution in [3.8, 4) is 0 Å². The molecule has 0 radical (unpaired) electrons. The summed E-state index contributed by atoms with van der Waals surface area (Å²) in [5.41, 5.74) is 7.84. The molecule has 0 spiro atoms. The fraction of sp³-hybridized carbons (Fsp3) is 0.500. The number of benzene rings is 1. The number of likely N-dealkylation sites (tertiary alicyclic amines) is 1. The van der Waals surface area contributed by atoms with Crippen LogP contribution in [0.25, 0.3) is 11.0 Å². The second-order valence-corrected chi connectivity index (χ2v) is 6.31. The van der Waals surface area contributed by atoms with Gasteiger partial charge in [-0.15, -0.1) is 0 Å². The lowest BCUT2D eigenvalue weighted by molar-refractivity contribution is -0.131. The van der Waals surface area contributed by atoms with Crippen molar-refractivity contribution in [3.63, 3.8) is 0 Å². The van der Waals surface area contributed by atoms with Gasteiger partial charge in [0.15, 0.2) is 0 Å². The Bertz CT molecular complexity index is 678. The van der Waals surface area contributed by atoms with Gasteiger partial charge in [-0.3, -0.25) is 4.79 Å². The summed E-state index contributed by atoms with van der Waals surface area (Å²) in [6.45, 7) is 6.64. The Labute approximate surface area is 124 Å². The molecule has 1 aromatic carbocycles. The van der Waals surface area contributed by atoms with Gasteiger partial charge < -0.3 is 15.2 Å². The normalized spacial score (nSPS) is 22.1. The van der Waals surface area contributed by atoms with E-state index in [1.807, 2.05) is 40.7 Å². The molecule has 2 N–H and O–H groups in total. The van der Waals surface area contributed by atoms with Crippen LogP contribution in [0.1, 0.15) is 19.2 Å². The number of fused-ring (bicyclic) bond motifs is 1. The first-order valence-electron chi connectivity index (χ1n) is 7.42. The van der Waals surface area contributed by atoms with E-state index in [2.05, 4.69) is 11.9 Å². The Hall–Kier alpha value is -1.88. The average molecular weight is 286 g/mol. The Morgan fingerprint density at radius 2 is 2.19 bits per heavy atom. The van der Waals surface area contributed by atoms with Crippen LogP contribution < -0.4 is 5.73 Å². The Morgan fingerprint density at radius 3 is 2.90 bits per heavy atom. The molecule has 1 aliphatic rings. The highest BCUT2D eigenvalue weighted by Gasteiger charge is 2.34. The summed E-state index contributed by atoms with van der Waals surface area (Å²) in [5.74, 6) is 1.03. The molecule has 1 amide bonds. The average Bonchev–Trinajstić information content (AvgIpc) is 3.02. The number of carbonyl (C=O) groups excluding carboxylic acids is 1. The molecule has 1 aromatic heterocycles. The van der Waals surface area contributed by atoms with E-state index in [1.54, 1.807) is 0 Å². The number of nitrogens with two attached hydrogens (primary N) is 1. The zero-order valence-electron chi connectivity index (χ0n) is 12.7. The maximum Gasteiger partial charge on any atom is 0.242 e. The third-order valence-electron chi connectivity index (χ3n) is 4.54. The molecular weight excluding hydrogens is 264 g/mol. The topological polar surface area (TPSA) is 64.2 Å². The minimum atomic E-state index is 0.0711. The van der Waals surface area contributed by atoms with Crippen molar-refractivity contribution in [2.75, 3.05) is 19.6 Å². The SMILES string of the molecule is Cc1nc2ccccc2n1CC(=O)N1CCC(C)(CN)C1. The minimum absolute atomic E-state index is 0.0711. The van der Waals surface area contributed by atoms with Crippen LogP contribution in [0.4, 0.5) is 0 Å². The van der Waals surface area contributed by atoms with Gasteiger partial charge >= 0.3 is 0 Å². The van der Waals surface area contributed by atoms with Gasteiger partial charge in [-0.1, -0.05) is 19.1 Å². The number of aromatic nitrogens is 2. The van der Waals surface area contributed by atoms with Gasteiger partial charge in [0, 0.05) is 13.1 Å². The van der Waals surface area contributed by atoms with E-state index in [-0.39, 0.29) is 11.3 Å². The van der Waals surface area contributed by atoms with E-state index >= 15 is 0 Å². The molecule has 1 aliphatic heterocycles. The van der Waals surface area contributed by atoms with Crippen molar-refractivity contribution in [1.82, 2.24) is 14.5 Å². The zero-order chi connectivity index (χ0) is 15.0. The van der Waals surface area contributed by atoms with Crippen molar-refractivity contribution in [1.29, 1.82) is 0 Å². The highest BCUT2D eigenvalue weighted by atomic mass is 16.2. The molecule has 112 valence electrons. The number of para-hydroxylation sites is 2. The molecule has 1 unspecified atom stereocenters. The van der Waals surface area contributed by atoms with Crippen LogP contribution in [-0.2, 0) is 11.3 Å². The van der Waals surface area contributed by atoms with E-state index in [9.17, 15) is 4.79 Å². The highest BCUT2D eigenvalue weighted by Crippen LogP contribution is 2.28. The fourth-order valence-corrected chi connectivity index (χ4v) is 3.03. The number of nitrogens with zero attached hydrogens (tertiary/aromatic N) is 3. The largest absolute Gasteiger partial charge is 0.341 e. The molecule has 3 rings (SSSR count). The van der Waals surface area contributed by atoms with Gasteiger partial charge in [0.05, 0.1) is 11.0 Å². The van der Waals surface area contributed by atoms with Gasteiger partial charge in [0.1, 0.15) is 12.4 Å². The lowest BCUT2D eigenvalue weighted by Crippen LogP contribution is -2.36. The first kappa shape index (κ1) is 14.1. The second kappa shape index (κ2) is 5.15. The summed E-state index contributed by atoms with van der Waals surface area (Å²) in [6, 6.07) is 7.93. The maximum atomic E-state index is 12.5. The summed E-state index contributed by atoms with van der Waals surface area (Å²) in [6.07, 6.45) is 0.985. The quantitative estimate of drug-likeness (QED) is 0.931. The zero-order valence-corrected chi connectivity index (χ0v) is 12.7. The Balaban J connectivity index is 1.80. The van der Waals surface area contributed by atoms with E-state index < -0.39 is 0 Å². The maximum absolute atomic E-state index is 12.5. The third-order valence-corrected chi connectivity index (χ3v) is 4.54. The summed E-state index contributed by atoms with van der Waals surface area (Å²) in [5, 5.41) is 0. The second-order valence-electron chi connectivity index (χ2n) is 6.31. The molecule has 21 heavy (non-hydrogen) atoms. The molecule has 1 saturated heterocycles. The van der Waals surface area contributed by atoms with Crippen LogP contribution in [0.2, 0.25) is 0 Å². The van der Waals surface area contributed by atoms with Crippen LogP contribution in [0.15, 0.2) is 24.3 Å². The van der Waals surface area contributed by atoms with Crippen molar-refractivity contribution in [3.05, 3.63) is 30.1 Å².